The van der Waals surface area contributed by atoms with E-state index in [1.165, 1.54) is 5.56 Å². The summed E-state index contributed by atoms with van der Waals surface area (Å²) in [6.07, 6.45) is 3.76. The Morgan fingerprint density at radius 1 is 1.11 bits per heavy atom. The van der Waals surface area contributed by atoms with E-state index in [0.29, 0.717) is 0 Å². The van der Waals surface area contributed by atoms with E-state index < -0.39 is 0 Å². The molecule has 0 saturated carbocycles. The van der Waals surface area contributed by atoms with Crippen LogP contribution in [0.3, 0.4) is 0 Å². The lowest BCUT2D eigenvalue weighted by molar-refractivity contribution is 1.53. The van der Waals surface area contributed by atoms with Crippen molar-refractivity contribution in [3.8, 4) is 0 Å². The maximum Gasteiger partial charge on any atom is 0.0119 e. The van der Waals surface area contributed by atoms with Crippen molar-refractivity contribution in [2.24, 2.45) is 0 Å². The molecule has 0 heteroatoms. The molecule has 9 heavy (non-hydrogen) atoms. The molecule has 1 radical (unpaired) electrons. The highest BCUT2D eigenvalue weighted by atomic mass is 14.3. The lowest BCUT2D eigenvalue weighted by atomic mass is 10.4. The van der Waals surface area contributed by atoms with Crippen molar-refractivity contribution in [1.29, 1.82) is 0 Å². The van der Waals surface area contributed by atoms with Crippen LogP contribution in [-0.2, 0) is 0 Å². The Balaban J connectivity index is 2.72. The van der Waals surface area contributed by atoms with Crippen LogP contribution in [0.2, 0.25) is 0 Å². The van der Waals surface area contributed by atoms with E-state index in [1.54, 1.807) is 6.08 Å². The lowest BCUT2D eigenvalue weighted by Crippen LogP contribution is -1.72. The SMILES string of the molecule is C=C[CH][13c]1ccccc1. The molecule has 0 aliphatic rings. The fourth-order valence-electron chi connectivity index (χ4n) is 0.700. The summed E-state index contributed by atoms with van der Waals surface area (Å²) in [6.45, 7) is 3.60. The van der Waals surface area contributed by atoms with Crippen LogP contribution in [0.4, 0.5) is 0 Å². The monoisotopic (exact) mass is 118 g/mol. The van der Waals surface area contributed by atoms with Gasteiger partial charge in [0.1, 0.15) is 0 Å². The van der Waals surface area contributed by atoms with Gasteiger partial charge in [-0.05, 0) is 5.56 Å². The van der Waals surface area contributed by atoms with E-state index in [4.69, 9.17) is 0 Å². The number of hydrogen-bond donors (Lipinski definition) is 0. The summed E-state index contributed by atoms with van der Waals surface area (Å²) in [7, 11) is 0. The minimum atomic E-state index is 1.20. The number of rotatable bonds is 2. The van der Waals surface area contributed by atoms with Crippen molar-refractivity contribution >= 4 is 0 Å². The Morgan fingerprint density at radius 3 is 2.33 bits per heavy atom. The predicted molar refractivity (Wildman–Crippen MR) is 40.0 cm³/mol. The Hall–Kier alpha value is -1.04. The van der Waals surface area contributed by atoms with Gasteiger partial charge >= 0.3 is 0 Å². The highest BCUT2D eigenvalue weighted by molar-refractivity contribution is 5.26. The molecule has 0 aromatic heterocycles. The zero-order valence-corrected chi connectivity index (χ0v) is 5.25. The van der Waals surface area contributed by atoms with Crippen molar-refractivity contribution in [2.45, 2.75) is 0 Å². The molecule has 0 saturated heterocycles. The smallest absolute Gasteiger partial charge is 0.0119 e. The molecule has 0 N–H and O–H groups in total. The first kappa shape index (κ1) is 6.09. The van der Waals surface area contributed by atoms with Crippen LogP contribution < -0.4 is 0 Å². The molecule has 45 valence electrons. The summed E-state index contributed by atoms with van der Waals surface area (Å²) in [5.74, 6) is 0. The molecule has 0 amide bonds. The second-order valence-corrected chi connectivity index (χ2v) is 1.81. The van der Waals surface area contributed by atoms with E-state index >= 15 is 0 Å². The van der Waals surface area contributed by atoms with Crippen LogP contribution in [0.1, 0.15) is 5.56 Å². The summed E-state index contributed by atoms with van der Waals surface area (Å²) in [6, 6.07) is 10.1. The fourth-order valence-corrected chi connectivity index (χ4v) is 0.700. The molecule has 0 bridgehead atoms. The molecular formula is C9H9. The van der Waals surface area contributed by atoms with Gasteiger partial charge in [0, 0.05) is 6.42 Å². The molecule has 0 aliphatic heterocycles. The Kier molecular flexibility index (Phi) is 2.08. The first-order valence-corrected chi connectivity index (χ1v) is 2.94. The zero-order valence-electron chi connectivity index (χ0n) is 5.25. The Labute approximate surface area is 55.8 Å². The molecular weight excluding hydrogens is 109 g/mol. The molecule has 0 atom stereocenters. The third-order valence-corrected chi connectivity index (χ3v) is 1.11. The predicted octanol–water partition coefficient (Wildman–Crippen LogP) is 2.42. The van der Waals surface area contributed by atoms with Gasteiger partial charge in [0.25, 0.3) is 0 Å². The number of benzene rings is 1. The van der Waals surface area contributed by atoms with Gasteiger partial charge in [-0.15, -0.1) is 6.58 Å². The quantitative estimate of drug-likeness (QED) is 0.559. The molecule has 1 rings (SSSR count). The van der Waals surface area contributed by atoms with E-state index in [0.717, 1.165) is 0 Å². The molecule has 0 heterocycles. The van der Waals surface area contributed by atoms with E-state index in [9.17, 15) is 0 Å². The second-order valence-electron chi connectivity index (χ2n) is 1.81. The molecule has 0 unspecified atom stereocenters. The lowest BCUT2D eigenvalue weighted by Gasteiger charge is -1.90. The van der Waals surface area contributed by atoms with Gasteiger partial charge in [-0.2, -0.15) is 0 Å². The first-order valence-electron chi connectivity index (χ1n) is 2.94. The van der Waals surface area contributed by atoms with E-state index in [2.05, 4.69) is 6.58 Å². The van der Waals surface area contributed by atoms with Crippen LogP contribution in [-0.4, -0.2) is 0 Å². The number of hydrogen-bond acceptors (Lipinski definition) is 0. The van der Waals surface area contributed by atoms with Crippen LogP contribution in [0.15, 0.2) is 43.0 Å². The Morgan fingerprint density at radius 2 is 1.78 bits per heavy atom. The van der Waals surface area contributed by atoms with E-state index in [1.807, 2.05) is 36.8 Å². The largest absolute Gasteiger partial charge is 0.102 e. The first-order chi connectivity index (χ1) is 4.43. The third-order valence-electron chi connectivity index (χ3n) is 1.11. The molecule has 0 fully saturated rings. The Bertz CT molecular complexity index is 174. The van der Waals surface area contributed by atoms with Crippen LogP contribution in [0.5, 0.6) is 0 Å². The average molecular weight is 118 g/mol. The summed E-state index contributed by atoms with van der Waals surface area (Å²) in [5, 5.41) is 0. The van der Waals surface area contributed by atoms with Crippen molar-refractivity contribution in [1.82, 2.24) is 0 Å². The minimum absolute atomic E-state index is 1.20. The average Bonchev–Trinajstić information content (AvgIpc) is 1.91. The summed E-state index contributed by atoms with van der Waals surface area (Å²) in [5.41, 5.74) is 1.20. The summed E-state index contributed by atoms with van der Waals surface area (Å²) < 4.78 is 0. The third kappa shape index (κ3) is 1.73. The topological polar surface area (TPSA) is 0 Å². The van der Waals surface area contributed by atoms with Crippen molar-refractivity contribution < 1.29 is 0 Å². The van der Waals surface area contributed by atoms with Gasteiger partial charge in [-0.3, -0.25) is 0 Å². The van der Waals surface area contributed by atoms with Gasteiger partial charge in [-0.1, -0.05) is 36.4 Å². The van der Waals surface area contributed by atoms with Gasteiger partial charge in [0.2, 0.25) is 0 Å². The second kappa shape index (κ2) is 3.08. The van der Waals surface area contributed by atoms with Crippen molar-refractivity contribution in [3.05, 3.63) is 55.0 Å². The van der Waals surface area contributed by atoms with Crippen LogP contribution in [0, 0.1) is 6.42 Å². The van der Waals surface area contributed by atoms with Gasteiger partial charge in [0.15, 0.2) is 0 Å². The molecule has 0 nitrogen and oxygen atoms in total. The molecule has 0 spiro atoms. The van der Waals surface area contributed by atoms with Crippen LogP contribution >= 0.6 is 0 Å². The maximum atomic E-state index is 3.60. The zero-order chi connectivity index (χ0) is 6.53. The highest BCUT2D eigenvalue weighted by Crippen LogP contribution is 2.00. The summed E-state index contributed by atoms with van der Waals surface area (Å²) >= 11 is 0. The fraction of sp³-hybridized carbons (Fsp3) is 0. The normalized spacial score (nSPS) is 8.89. The number of allylic oxidation sites excluding steroid dienone is 1. The minimum Gasteiger partial charge on any atom is -0.102 e. The maximum absolute atomic E-state index is 3.60. The standard InChI is InChI=1S/C9H9/c1-2-6-9-7-4-3-5-8-9/h2-8H,1H2/i9+1. The summed E-state index contributed by atoms with van der Waals surface area (Å²) in [4.78, 5) is 0. The van der Waals surface area contributed by atoms with Gasteiger partial charge in [-0.25, -0.2) is 0 Å². The van der Waals surface area contributed by atoms with Crippen molar-refractivity contribution in [2.75, 3.05) is 0 Å². The van der Waals surface area contributed by atoms with Gasteiger partial charge < -0.3 is 0 Å². The highest BCUT2D eigenvalue weighted by Gasteiger charge is 1.82. The van der Waals surface area contributed by atoms with Gasteiger partial charge in [0.05, 0.1) is 0 Å². The molecule has 1 aromatic rings. The van der Waals surface area contributed by atoms with Crippen molar-refractivity contribution in [3.63, 3.8) is 0 Å². The molecule has 0 aliphatic carbocycles. The van der Waals surface area contributed by atoms with E-state index in [-0.39, 0.29) is 0 Å². The molecule has 1 aromatic carbocycles. The van der Waals surface area contributed by atoms with Crippen LogP contribution in [0.25, 0.3) is 0 Å².